The molecule has 5 aromatic rings. The van der Waals surface area contributed by atoms with Gasteiger partial charge in [-0.15, -0.1) is 5.10 Å². The average Bonchev–Trinajstić information content (AvgIpc) is 3.65. The number of likely N-dealkylation sites (tertiary alicyclic amines) is 1. The second-order valence-corrected chi connectivity index (χ2v) is 13.5. The van der Waals surface area contributed by atoms with Crippen LogP contribution in [-0.2, 0) is 17.8 Å². The van der Waals surface area contributed by atoms with E-state index < -0.39 is 5.97 Å². The van der Waals surface area contributed by atoms with Gasteiger partial charge < -0.3 is 9.72 Å². The van der Waals surface area contributed by atoms with E-state index in [2.05, 4.69) is 58.3 Å². The molecule has 0 spiro atoms. The first-order valence-electron chi connectivity index (χ1n) is 16.2. The fourth-order valence-corrected chi connectivity index (χ4v) is 6.98. The molecule has 9 heteroatoms. The first kappa shape index (κ1) is 32.0. The van der Waals surface area contributed by atoms with E-state index in [-0.39, 0.29) is 24.0 Å². The summed E-state index contributed by atoms with van der Waals surface area (Å²) in [6.07, 6.45) is 3.92. The van der Waals surface area contributed by atoms with Gasteiger partial charge in [0.15, 0.2) is 0 Å². The first-order valence-corrected chi connectivity index (χ1v) is 16.5. The van der Waals surface area contributed by atoms with E-state index in [1.165, 1.54) is 23.3 Å². The molecule has 0 bridgehead atoms. The molecule has 0 amide bonds. The van der Waals surface area contributed by atoms with Crippen LogP contribution in [0.3, 0.4) is 0 Å². The number of aromatic amines is 1. The zero-order chi connectivity index (χ0) is 32.4. The lowest BCUT2D eigenvalue weighted by molar-refractivity contribution is 0.0454. The Morgan fingerprint density at radius 2 is 1.83 bits per heavy atom. The zero-order valence-electron chi connectivity index (χ0n) is 26.9. The summed E-state index contributed by atoms with van der Waals surface area (Å²) < 4.78 is 21.6. The Hall–Kier alpha value is -4.01. The summed E-state index contributed by atoms with van der Waals surface area (Å²) in [5.41, 5.74) is 6.67. The van der Waals surface area contributed by atoms with E-state index in [1.54, 1.807) is 6.07 Å². The third-order valence-electron chi connectivity index (χ3n) is 8.79. The molecule has 1 saturated heterocycles. The first-order chi connectivity index (χ1) is 22.2. The highest BCUT2D eigenvalue weighted by Crippen LogP contribution is 2.38. The predicted octanol–water partition coefficient (Wildman–Crippen LogP) is 8.73. The highest BCUT2D eigenvalue weighted by Gasteiger charge is 2.26. The van der Waals surface area contributed by atoms with Crippen LogP contribution >= 0.6 is 11.6 Å². The number of aromatic nitrogens is 4. The second-order valence-electron chi connectivity index (χ2n) is 13.1. The number of piperidine rings is 1. The summed E-state index contributed by atoms with van der Waals surface area (Å²) in [7, 11) is 0. The van der Waals surface area contributed by atoms with E-state index in [9.17, 15) is 9.18 Å². The number of halogens is 2. The third-order valence-corrected chi connectivity index (χ3v) is 9.19. The molecular weight excluding hydrogens is 601 g/mol. The van der Waals surface area contributed by atoms with Gasteiger partial charge in [0.05, 0.1) is 17.8 Å². The number of esters is 1. The van der Waals surface area contributed by atoms with Crippen molar-refractivity contribution < 1.29 is 13.9 Å². The summed E-state index contributed by atoms with van der Waals surface area (Å²) in [6, 6.07) is 19.1. The van der Waals surface area contributed by atoms with Crippen molar-refractivity contribution in [2.24, 2.45) is 11.8 Å². The second kappa shape index (κ2) is 13.8. The molecule has 3 heterocycles. The summed E-state index contributed by atoms with van der Waals surface area (Å²) in [5.74, 6) is 0.0752. The topological polar surface area (TPSA) is 76.0 Å². The van der Waals surface area contributed by atoms with Crippen LogP contribution in [0.4, 0.5) is 4.39 Å². The molecule has 0 saturated carbocycles. The quantitative estimate of drug-likeness (QED) is 0.154. The maximum Gasteiger partial charge on any atom is 0.355 e. The largest absolute Gasteiger partial charge is 0.461 e. The predicted molar refractivity (Wildman–Crippen MR) is 181 cm³/mol. The summed E-state index contributed by atoms with van der Waals surface area (Å²) in [4.78, 5) is 18.7. The van der Waals surface area contributed by atoms with E-state index >= 15 is 0 Å². The maximum atomic E-state index is 14.3. The van der Waals surface area contributed by atoms with Gasteiger partial charge in [0.2, 0.25) is 0 Å². The smallest absolute Gasteiger partial charge is 0.355 e. The van der Waals surface area contributed by atoms with Crippen LogP contribution in [0.5, 0.6) is 0 Å². The lowest BCUT2D eigenvalue weighted by Gasteiger charge is -2.33. The SMILES string of the molecule is CC(C)COC(=O)c1[nH]c2ccc(F)cc2c1-c1cn(CC2CCN(Cc3ccc(-c4ccccc4)c(Cl)c3C(C)C)CC2)nn1. The minimum absolute atomic E-state index is 0.191. The van der Waals surface area contributed by atoms with Gasteiger partial charge in [-0.05, 0) is 78.6 Å². The van der Waals surface area contributed by atoms with Crippen molar-refractivity contribution in [1.29, 1.82) is 0 Å². The van der Waals surface area contributed by atoms with Crippen molar-refractivity contribution in [2.45, 2.75) is 59.5 Å². The average molecular weight is 642 g/mol. The number of hydrogen-bond acceptors (Lipinski definition) is 5. The summed E-state index contributed by atoms with van der Waals surface area (Å²) in [6.45, 7) is 12.2. The Kier molecular flexibility index (Phi) is 9.57. The van der Waals surface area contributed by atoms with Gasteiger partial charge in [-0.3, -0.25) is 9.58 Å². The monoisotopic (exact) mass is 641 g/mol. The minimum Gasteiger partial charge on any atom is -0.461 e. The number of H-pyrrole nitrogens is 1. The van der Waals surface area contributed by atoms with Crippen molar-refractivity contribution in [3.63, 3.8) is 0 Å². The zero-order valence-corrected chi connectivity index (χ0v) is 27.6. The van der Waals surface area contributed by atoms with Crippen LogP contribution in [0, 0.1) is 17.7 Å². The highest BCUT2D eigenvalue weighted by molar-refractivity contribution is 6.34. The van der Waals surface area contributed by atoms with E-state index in [1.807, 2.05) is 42.9 Å². The van der Waals surface area contributed by atoms with Gasteiger partial charge in [0.1, 0.15) is 17.2 Å². The number of carbonyl (C=O) groups excluding carboxylic acids is 1. The van der Waals surface area contributed by atoms with Crippen LogP contribution in [0.25, 0.3) is 33.3 Å². The normalized spacial score (nSPS) is 14.5. The van der Waals surface area contributed by atoms with Crippen molar-refractivity contribution in [3.05, 3.63) is 94.5 Å². The van der Waals surface area contributed by atoms with Gasteiger partial charge in [-0.1, -0.05) is 87.0 Å². The number of nitrogens with one attached hydrogen (secondary N) is 1. The summed E-state index contributed by atoms with van der Waals surface area (Å²) in [5, 5.41) is 10.3. The van der Waals surface area contributed by atoms with Crippen molar-refractivity contribution in [1.82, 2.24) is 24.9 Å². The minimum atomic E-state index is -0.487. The number of benzene rings is 3. The molecule has 46 heavy (non-hydrogen) atoms. The Bertz CT molecular complexity index is 1820. The molecular formula is C37H41ClFN5O2. The standard InChI is InChI=1S/C37H41ClFN5O2/c1-23(2)22-46-37(45)36-34(30-18-28(39)11-13-31(30)40-36)32-21-44(42-41-32)19-25-14-16-43(17-15-25)20-27-10-12-29(26-8-6-5-7-9-26)35(38)33(27)24(3)4/h5-13,18,21,23-25,40H,14-17,19-20,22H2,1-4H3. The molecule has 1 aliphatic heterocycles. The van der Waals surface area contributed by atoms with E-state index in [0.29, 0.717) is 34.0 Å². The van der Waals surface area contributed by atoms with Crippen molar-refractivity contribution in [3.8, 4) is 22.4 Å². The fourth-order valence-electron chi connectivity index (χ4n) is 6.47. The fraction of sp³-hybridized carbons (Fsp3) is 0.378. The molecule has 240 valence electrons. The molecule has 1 aliphatic rings. The third kappa shape index (κ3) is 6.88. The van der Waals surface area contributed by atoms with Crippen LogP contribution in [0.1, 0.15) is 68.1 Å². The molecule has 6 rings (SSSR count). The van der Waals surface area contributed by atoms with Crippen molar-refractivity contribution >= 4 is 28.5 Å². The molecule has 1 N–H and O–H groups in total. The molecule has 3 aromatic carbocycles. The number of carbonyl (C=O) groups is 1. The van der Waals surface area contributed by atoms with Crippen LogP contribution in [0.2, 0.25) is 5.02 Å². The van der Waals surface area contributed by atoms with Crippen LogP contribution < -0.4 is 0 Å². The molecule has 7 nitrogen and oxygen atoms in total. The molecule has 0 aliphatic carbocycles. The number of fused-ring (bicyclic) bond motifs is 1. The molecule has 0 atom stereocenters. The summed E-state index contributed by atoms with van der Waals surface area (Å²) >= 11 is 7.03. The molecule has 0 unspecified atom stereocenters. The highest BCUT2D eigenvalue weighted by atomic mass is 35.5. The molecule has 0 radical (unpaired) electrons. The van der Waals surface area contributed by atoms with E-state index in [0.717, 1.165) is 55.2 Å². The van der Waals surface area contributed by atoms with E-state index in [4.69, 9.17) is 16.3 Å². The maximum absolute atomic E-state index is 14.3. The number of ether oxygens (including phenoxy) is 1. The lowest BCUT2D eigenvalue weighted by Crippen LogP contribution is -2.35. The van der Waals surface area contributed by atoms with Crippen LogP contribution in [-0.4, -0.2) is 50.5 Å². The Labute approximate surface area is 274 Å². The van der Waals surface area contributed by atoms with Crippen LogP contribution in [0.15, 0.2) is 66.9 Å². The number of rotatable bonds is 10. The number of nitrogens with zero attached hydrogens (tertiary/aromatic N) is 4. The Morgan fingerprint density at radius 1 is 1.07 bits per heavy atom. The lowest BCUT2D eigenvalue weighted by atomic mass is 9.91. The van der Waals surface area contributed by atoms with Gasteiger partial charge in [0, 0.05) is 35.1 Å². The van der Waals surface area contributed by atoms with Gasteiger partial charge in [-0.2, -0.15) is 0 Å². The van der Waals surface area contributed by atoms with Gasteiger partial charge in [-0.25, -0.2) is 9.18 Å². The molecule has 2 aromatic heterocycles. The Morgan fingerprint density at radius 3 is 2.54 bits per heavy atom. The molecule has 1 fully saturated rings. The van der Waals surface area contributed by atoms with Crippen molar-refractivity contribution in [2.75, 3.05) is 19.7 Å². The van der Waals surface area contributed by atoms with Gasteiger partial charge in [0.25, 0.3) is 0 Å². The van der Waals surface area contributed by atoms with Gasteiger partial charge >= 0.3 is 5.97 Å². The number of hydrogen-bond donors (Lipinski definition) is 1. The Balaban J connectivity index is 1.13.